The molecule has 1 N–H and O–H groups in total. The molecule has 3 saturated heterocycles. The fourth-order valence-corrected chi connectivity index (χ4v) is 7.06. The van der Waals surface area contributed by atoms with Gasteiger partial charge in [0.25, 0.3) is 0 Å². The van der Waals surface area contributed by atoms with Gasteiger partial charge >= 0.3 is 0 Å². The van der Waals surface area contributed by atoms with Gasteiger partial charge < -0.3 is 34.1 Å². The highest BCUT2D eigenvalue weighted by molar-refractivity contribution is 7.80. The third-order valence-corrected chi connectivity index (χ3v) is 9.19. The zero-order valence-electron chi connectivity index (χ0n) is 24.8. The summed E-state index contributed by atoms with van der Waals surface area (Å²) < 4.78 is 13.5. The number of hydrogen-bond donors (Lipinski definition) is 1. The molecular weight excluding hydrogens is 556 g/mol. The number of pyridine rings is 1. The van der Waals surface area contributed by atoms with Crippen LogP contribution in [0.1, 0.15) is 34.7 Å². The molecule has 222 valence electrons. The van der Waals surface area contributed by atoms with Crippen LogP contribution in [0.2, 0.25) is 0 Å². The van der Waals surface area contributed by atoms with Gasteiger partial charge in [-0.3, -0.25) is 4.98 Å². The summed E-state index contributed by atoms with van der Waals surface area (Å²) in [5.74, 6) is 0. The zero-order valence-corrected chi connectivity index (χ0v) is 25.6. The molecule has 0 saturated carbocycles. The third-order valence-electron chi connectivity index (χ3n) is 8.88. The Bertz CT molecular complexity index is 1560. The Kier molecular flexibility index (Phi) is 7.78. The van der Waals surface area contributed by atoms with Crippen molar-refractivity contribution in [2.24, 2.45) is 0 Å². The number of benzene rings is 2. The van der Waals surface area contributed by atoms with E-state index in [1.807, 2.05) is 18.3 Å². The second kappa shape index (κ2) is 12.0. The summed E-state index contributed by atoms with van der Waals surface area (Å²) in [4.78, 5) is 11.8. The van der Waals surface area contributed by atoms with Gasteiger partial charge in [0.05, 0.1) is 44.2 Å². The summed E-state index contributed by atoms with van der Waals surface area (Å²) in [7, 11) is 0. The number of nitrogens with one attached hydrogen (secondary N) is 1. The van der Waals surface area contributed by atoms with Gasteiger partial charge in [0.15, 0.2) is 5.11 Å². The van der Waals surface area contributed by atoms with Crippen molar-refractivity contribution in [3.8, 4) is 5.69 Å². The molecule has 0 unspecified atom stereocenters. The number of anilines is 3. The summed E-state index contributed by atoms with van der Waals surface area (Å²) in [5, 5.41) is 4.34. The van der Waals surface area contributed by atoms with E-state index >= 15 is 0 Å². The molecule has 3 fully saturated rings. The molecule has 2 aromatic carbocycles. The van der Waals surface area contributed by atoms with Gasteiger partial charge in [0.2, 0.25) is 0 Å². The minimum Gasteiger partial charge on any atom is -0.378 e. The lowest BCUT2D eigenvalue weighted by molar-refractivity contribution is 0.122. The largest absolute Gasteiger partial charge is 0.378 e. The molecule has 5 heterocycles. The monoisotopic (exact) mass is 594 g/mol. The SMILES string of the molecule is Cc1cc([C@H]2[C@H](c3ccccn3)NC(=S)N2c2ccc(N3CCOCC3)cc2)c(C)n1-c1ccc(N2CCOCC2)cc1. The standard InChI is InChI=1S/C34H38N6O2S/c1-24-23-30(25(2)39(24)28-10-6-26(7-11-28)37-15-19-41-20-16-37)33-32(31-5-3-4-14-35-31)36-34(43)40(33)29-12-8-27(9-13-29)38-17-21-42-22-18-38/h3-14,23,32-33H,15-22H2,1-2H3,(H,36,43)/t32-,33-/m0/s1. The van der Waals surface area contributed by atoms with Crippen molar-refractivity contribution in [1.82, 2.24) is 14.9 Å². The molecule has 7 rings (SSSR count). The van der Waals surface area contributed by atoms with Crippen LogP contribution in [-0.2, 0) is 9.47 Å². The highest BCUT2D eigenvalue weighted by atomic mass is 32.1. The van der Waals surface area contributed by atoms with Crippen molar-refractivity contribution in [3.63, 3.8) is 0 Å². The van der Waals surface area contributed by atoms with E-state index in [-0.39, 0.29) is 12.1 Å². The molecule has 0 radical (unpaired) electrons. The Morgan fingerprint density at radius 2 is 1.30 bits per heavy atom. The van der Waals surface area contributed by atoms with Gasteiger partial charge in [-0.05, 0) is 98.4 Å². The molecule has 0 bridgehead atoms. The fraction of sp³-hybridized carbons (Fsp3) is 0.353. The molecule has 2 atom stereocenters. The number of aromatic nitrogens is 2. The van der Waals surface area contributed by atoms with Crippen LogP contribution >= 0.6 is 12.2 Å². The zero-order chi connectivity index (χ0) is 29.3. The number of morpholine rings is 2. The predicted octanol–water partition coefficient (Wildman–Crippen LogP) is 5.34. The molecular formula is C34H38N6O2S. The number of ether oxygens (including phenoxy) is 2. The normalized spacial score (nSPS) is 20.9. The molecule has 8 nitrogen and oxygen atoms in total. The van der Waals surface area contributed by atoms with Gasteiger partial charge in [-0.2, -0.15) is 0 Å². The molecule has 9 heteroatoms. The van der Waals surface area contributed by atoms with E-state index in [1.54, 1.807) is 0 Å². The van der Waals surface area contributed by atoms with Crippen molar-refractivity contribution in [2.75, 3.05) is 67.3 Å². The molecule has 2 aromatic heterocycles. The van der Waals surface area contributed by atoms with Crippen LogP contribution < -0.4 is 20.0 Å². The third kappa shape index (κ3) is 5.37. The average molecular weight is 595 g/mol. The molecule has 3 aliphatic rings. The molecule has 4 aromatic rings. The summed E-state index contributed by atoms with van der Waals surface area (Å²) in [5.41, 5.74) is 9.26. The number of hydrogen-bond acceptors (Lipinski definition) is 6. The number of aryl methyl sites for hydroxylation is 1. The fourth-order valence-electron chi connectivity index (χ4n) is 6.71. The molecule has 0 amide bonds. The quantitative estimate of drug-likeness (QED) is 0.301. The van der Waals surface area contributed by atoms with Gasteiger partial charge in [0.1, 0.15) is 0 Å². The van der Waals surface area contributed by atoms with Crippen LogP contribution in [0.3, 0.4) is 0 Å². The van der Waals surface area contributed by atoms with Crippen molar-refractivity contribution in [1.29, 1.82) is 0 Å². The van der Waals surface area contributed by atoms with Crippen molar-refractivity contribution in [3.05, 3.63) is 102 Å². The first-order chi connectivity index (χ1) is 21.1. The highest BCUT2D eigenvalue weighted by Gasteiger charge is 2.42. The Morgan fingerprint density at radius 1 is 0.744 bits per heavy atom. The smallest absolute Gasteiger partial charge is 0.174 e. The summed E-state index contributed by atoms with van der Waals surface area (Å²) in [6.07, 6.45) is 1.86. The Labute approximate surface area is 258 Å². The first kappa shape index (κ1) is 27.9. The lowest BCUT2D eigenvalue weighted by atomic mass is 9.96. The van der Waals surface area contributed by atoms with Gasteiger partial charge in [0, 0.05) is 66.5 Å². The molecule has 0 aliphatic carbocycles. The van der Waals surface area contributed by atoms with E-state index in [0.717, 1.165) is 69.7 Å². The van der Waals surface area contributed by atoms with Crippen molar-refractivity contribution < 1.29 is 9.47 Å². The maximum Gasteiger partial charge on any atom is 0.174 e. The topological polar surface area (TPSA) is 58.0 Å². The molecule has 43 heavy (non-hydrogen) atoms. The van der Waals surface area contributed by atoms with Crippen molar-refractivity contribution in [2.45, 2.75) is 25.9 Å². The lowest BCUT2D eigenvalue weighted by Crippen LogP contribution is -2.36. The van der Waals surface area contributed by atoms with Crippen LogP contribution in [0.5, 0.6) is 0 Å². The summed E-state index contributed by atoms with van der Waals surface area (Å²) >= 11 is 6.03. The Balaban J connectivity index is 1.25. The summed E-state index contributed by atoms with van der Waals surface area (Å²) in [6.45, 7) is 11.2. The number of thiocarbonyl (C=S) groups is 1. The second-order valence-electron chi connectivity index (χ2n) is 11.4. The maximum atomic E-state index is 6.03. The van der Waals surface area contributed by atoms with Crippen LogP contribution in [0.4, 0.5) is 17.1 Å². The second-order valence-corrected chi connectivity index (χ2v) is 11.8. The van der Waals surface area contributed by atoms with Crippen LogP contribution in [0.15, 0.2) is 79.0 Å². The first-order valence-electron chi connectivity index (χ1n) is 15.1. The Morgan fingerprint density at radius 3 is 1.86 bits per heavy atom. The maximum absolute atomic E-state index is 6.03. The first-order valence-corrected chi connectivity index (χ1v) is 15.5. The van der Waals surface area contributed by atoms with E-state index in [4.69, 9.17) is 26.7 Å². The number of nitrogens with zero attached hydrogens (tertiary/aromatic N) is 5. The average Bonchev–Trinajstić information content (AvgIpc) is 3.56. The summed E-state index contributed by atoms with van der Waals surface area (Å²) in [6, 6.07) is 25.9. The molecule has 0 spiro atoms. The van der Waals surface area contributed by atoms with Crippen molar-refractivity contribution >= 4 is 34.4 Å². The number of rotatable bonds is 6. The van der Waals surface area contributed by atoms with Gasteiger partial charge in [-0.1, -0.05) is 6.07 Å². The molecule has 3 aliphatic heterocycles. The highest BCUT2D eigenvalue weighted by Crippen LogP contribution is 2.44. The van der Waals surface area contributed by atoms with Gasteiger partial charge in [-0.15, -0.1) is 0 Å². The predicted molar refractivity (Wildman–Crippen MR) is 176 cm³/mol. The minimum atomic E-state index is -0.0923. The van der Waals surface area contributed by atoms with Crippen LogP contribution in [0, 0.1) is 13.8 Å². The van der Waals surface area contributed by atoms with E-state index < -0.39 is 0 Å². The lowest BCUT2D eigenvalue weighted by Gasteiger charge is -2.31. The van der Waals surface area contributed by atoms with Crippen LogP contribution in [0.25, 0.3) is 5.69 Å². The van der Waals surface area contributed by atoms with Crippen LogP contribution in [-0.4, -0.2) is 67.3 Å². The van der Waals surface area contributed by atoms with E-state index in [2.05, 4.69) is 99.1 Å². The van der Waals surface area contributed by atoms with E-state index in [9.17, 15) is 0 Å². The Hall–Kier alpha value is -3.92. The van der Waals surface area contributed by atoms with E-state index in [0.29, 0.717) is 5.11 Å². The minimum absolute atomic E-state index is 0.0655. The van der Waals surface area contributed by atoms with E-state index in [1.165, 1.54) is 28.3 Å². The van der Waals surface area contributed by atoms with Gasteiger partial charge in [-0.25, -0.2) is 0 Å².